The summed E-state index contributed by atoms with van der Waals surface area (Å²) in [7, 11) is 1.91. The molecule has 0 bridgehead atoms. The van der Waals surface area contributed by atoms with E-state index in [1.54, 1.807) is 19.4 Å². The third-order valence-electron chi connectivity index (χ3n) is 2.15. The lowest BCUT2D eigenvalue weighted by Gasteiger charge is -1.94. The van der Waals surface area contributed by atoms with Gasteiger partial charge in [0.1, 0.15) is 5.01 Å². The summed E-state index contributed by atoms with van der Waals surface area (Å²) in [6, 6.07) is 0. The summed E-state index contributed by atoms with van der Waals surface area (Å²) < 4.78 is 1.89. The van der Waals surface area contributed by atoms with E-state index in [4.69, 9.17) is 0 Å². The van der Waals surface area contributed by atoms with Gasteiger partial charge in [-0.15, -0.1) is 11.3 Å². The highest BCUT2D eigenvalue weighted by atomic mass is 32.1. The van der Waals surface area contributed by atoms with E-state index < -0.39 is 0 Å². The third-order valence-corrected chi connectivity index (χ3v) is 3.43. The summed E-state index contributed by atoms with van der Waals surface area (Å²) in [6.45, 7) is 3.42. The van der Waals surface area contributed by atoms with Crippen LogP contribution in [0.3, 0.4) is 0 Å². The molecule has 0 atom stereocenters. The van der Waals surface area contributed by atoms with Crippen LogP contribution in [0.2, 0.25) is 0 Å². The van der Waals surface area contributed by atoms with Crippen LogP contribution in [0.25, 0.3) is 10.7 Å². The SMILES string of the molecule is CC(=O)c1sc(-c2cncn2C)nc1C. The van der Waals surface area contributed by atoms with Crippen LogP contribution >= 0.6 is 11.3 Å². The van der Waals surface area contributed by atoms with E-state index in [1.165, 1.54) is 11.3 Å². The van der Waals surface area contributed by atoms with Crippen LogP contribution < -0.4 is 0 Å². The predicted molar refractivity (Wildman–Crippen MR) is 59.1 cm³/mol. The summed E-state index contributed by atoms with van der Waals surface area (Å²) in [5, 5.41) is 0.845. The molecule has 0 N–H and O–H groups in total. The minimum absolute atomic E-state index is 0.0680. The topological polar surface area (TPSA) is 47.8 Å². The summed E-state index contributed by atoms with van der Waals surface area (Å²) in [5.41, 5.74) is 1.74. The van der Waals surface area contributed by atoms with E-state index in [2.05, 4.69) is 9.97 Å². The van der Waals surface area contributed by atoms with Gasteiger partial charge in [0, 0.05) is 14.0 Å². The number of hydrogen-bond donors (Lipinski definition) is 0. The normalized spacial score (nSPS) is 10.6. The minimum atomic E-state index is 0.0680. The van der Waals surface area contributed by atoms with Crippen LogP contribution in [-0.4, -0.2) is 20.3 Å². The van der Waals surface area contributed by atoms with Crippen molar-refractivity contribution in [2.45, 2.75) is 13.8 Å². The molecule has 78 valence electrons. The third kappa shape index (κ3) is 1.70. The molecule has 0 saturated heterocycles. The smallest absolute Gasteiger partial charge is 0.171 e. The Kier molecular flexibility index (Phi) is 2.40. The van der Waals surface area contributed by atoms with E-state index in [1.807, 2.05) is 18.5 Å². The van der Waals surface area contributed by atoms with Gasteiger partial charge in [0.05, 0.1) is 28.8 Å². The number of ketones is 1. The Bertz CT molecular complexity index is 512. The van der Waals surface area contributed by atoms with E-state index in [0.29, 0.717) is 0 Å². The van der Waals surface area contributed by atoms with Crippen molar-refractivity contribution in [3.8, 4) is 10.7 Å². The van der Waals surface area contributed by atoms with Crippen LogP contribution in [0.5, 0.6) is 0 Å². The molecule has 2 rings (SSSR count). The number of nitrogens with zero attached hydrogens (tertiary/aromatic N) is 3. The van der Waals surface area contributed by atoms with Gasteiger partial charge < -0.3 is 4.57 Å². The van der Waals surface area contributed by atoms with Crippen LogP contribution in [-0.2, 0) is 7.05 Å². The highest BCUT2D eigenvalue weighted by Crippen LogP contribution is 2.27. The molecule has 0 aliphatic heterocycles. The second kappa shape index (κ2) is 3.58. The van der Waals surface area contributed by atoms with Gasteiger partial charge in [-0.05, 0) is 6.92 Å². The van der Waals surface area contributed by atoms with Crippen molar-refractivity contribution in [3.63, 3.8) is 0 Å². The van der Waals surface area contributed by atoms with Gasteiger partial charge in [-0.25, -0.2) is 9.97 Å². The average Bonchev–Trinajstić information content (AvgIpc) is 2.71. The first-order valence-corrected chi connectivity index (χ1v) is 5.36. The quantitative estimate of drug-likeness (QED) is 0.729. The molecule has 0 fully saturated rings. The van der Waals surface area contributed by atoms with Gasteiger partial charge >= 0.3 is 0 Å². The minimum Gasteiger partial charge on any atom is -0.332 e. The molecular formula is C10H11N3OS. The van der Waals surface area contributed by atoms with Gasteiger partial charge in [0.25, 0.3) is 0 Å². The first-order chi connectivity index (χ1) is 7.09. The number of rotatable bonds is 2. The summed E-state index contributed by atoms with van der Waals surface area (Å²) in [5.74, 6) is 0.0680. The second-order valence-corrected chi connectivity index (χ2v) is 4.38. The average molecular weight is 221 g/mol. The molecule has 2 aromatic heterocycles. The number of carbonyl (C=O) groups excluding carboxylic acids is 1. The number of Topliss-reactive ketones (excluding diaryl/α,β-unsaturated/α-hetero) is 1. The molecule has 0 aliphatic carbocycles. The largest absolute Gasteiger partial charge is 0.332 e. The summed E-state index contributed by atoms with van der Waals surface area (Å²) in [4.78, 5) is 20.4. The van der Waals surface area contributed by atoms with E-state index >= 15 is 0 Å². The van der Waals surface area contributed by atoms with Crippen molar-refractivity contribution < 1.29 is 4.79 Å². The number of aromatic nitrogens is 3. The first-order valence-electron chi connectivity index (χ1n) is 4.54. The lowest BCUT2D eigenvalue weighted by molar-refractivity contribution is 0.102. The molecule has 0 spiro atoms. The first kappa shape index (κ1) is 10.0. The van der Waals surface area contributed by atoms with Crippen LogP contribution in [0.1, 0.15) is 22.3 Å². The van der Waals surface area contributed by atoms with Crippen molar-refractivity contribution in [1.82, 2.24) is 14.5 Å². The van der Waals surface area contributed by atoms with E-state index in [0.717, 1.165) is 21.3 Å². The molecule has 0 amide bonds. The molecule has 0 unspecified atom stereocenters. The van der Waals surface area contributed by atoms with Gasteiger partial charge in [-0.2, -0.15) is 0 Å². The van der Waals surface area contributed by atoms with Crippen molar-refractivity contribution in [2.24, 2.45) is 7.05 Å². The lowest BCUT2D eigenvalue weighted by atomic mass is 10.3. The molecule has 2 aromatic rings. The van der Waals surface area contributed by atoms with Crippen molar-refractivity contribution in [2.75, 3.05) is 0 Å². The van der Waals surface area contributed by atoms with Crippen LogP contribution in [0, 0.1) is 6.92 Å². The van der Waals surface area contributed by atoms with Gasteiger partial charge in [0.2, 0.25) is 0 Å². The van der Waals surface area contributed by atoms with Crippen LogP contribution in [0.4, 0.5) is 0 Å². The Morgan fingerprint density at radius 1 is 1.53 bits per heavy atom. The van der Waals surface area contributed by atoms with Crippen molar-refractivity contribution >= 4 is 17.1 Å². The molecular weight excluding hydrogens is 210 g/mol. The molecule has 0 aliphatic rings. The highest BCUT2D eigenvalue weighted by Gasteiger charge is 2.14. The van der Waals surface area contributed by atoms with Gasteiger partial charge in [-0.1, -0.05) is 0 Å². The number of thiazole rings is 1. The van der Waals surface area contributed by atoms with E-state index in [9.17, 15) is 4.79 Å². The van der Waals surface area contributed by atoms with Crippen molar-refractivity contribution in [3.05, 3.63) is 23.1 Å². The van der Waals surface area contributed by atoms with Gasteiger partial charge in [0.15, 0.2) is 5.78 Å². The standard InChI is InChI=1S/C10H11N3OS/c1-6-9(7(2)14)15-10(12-6)8-4-11-5-13(8)3/h4-5H,1-3H3. The highest BCUT2D eigenvalue weighted by molar-refractivity contribution is 7.17. The predicted octanol–water partition coefficient (Wildman–Crippen LogP) is 2.05. The summed E-state index contributed by atoms with van der Waals surface area (Å²) in [6.07, 6.45) is 3.47. The molecule has 0 aromatic carbocycles. The molecule has 4 nitrogen and oxygen atoms in total. The molecule has 5 heteroatoms. The Labute approximate surface area is 91.6 Å². The fourth-order valence-electron chi connectivity index (χ4n) is 1.40. The Balaban J connectivity index is 2.52. The van der Waals surface area contributed by atoms with Crippen LogP contribution in [0.15, 0.2) is 12.5 Å². The maximum absolute atomic E-state index is 11.3. The fraction of sp³-hybridized carbons (Fsp3) is 0.300. The van der Waals surface area contributed by atoms with Crippen molar-refractivity contribution in [1.29, 1.82) is 0 Å². The van der Waals surface area contributed by atoms with Gasteiger partial charge in [-0.3, -0.25) is 4.79 Å². The Morgan fingerprint density at radius 3 is 2.73 bits per heavy atom. The monoisotopic (exact) mass is 221 g/mol. The number of carbonyl (C=O) groups is 1. The molecule has 0 radical (unpaired) electrons. The maximum Gasteiger partial charge on any atom is 0.171 e. The molecule has 2 heterocycles. The lowest BCUT2D eigenvalue weighted by Crippen LogP contribution is -1.89. The fourth-order valence-corrected chi connectivity index (χ4v) is 2.41. The Hall–Kier alpha value is -1.49. The Morgan fingerprint density at radius 2 is 2.27 bits per heavy atom. The molecule has 15 heavy (non-hydrogen) atoms. The zero-order chi connectivity index (χ0) is 11.0. The zero-order valence-electron chi connectivity index (χ0n) is 8.81. The van der Waals surface area contributed by atoms with E-state index in [-0.39, 0.29) is 5.78 Å². The summed E-state index contributed by atoms with van der Waals surface area (Å²) >= 11 is 1.42. The number of imidazole rings is 1. The maximum atomic E-state index is 11.3. The number of hydrogen-bond acceptors (Lipinski definition) is 4. The number of aryl methyl sites for hydroxylation is 2. The second-order valence-electron chi connectivity index (χ2n) is 3.38. The zero-order valence-corrected chi connectivity index (χ0v) is 9.63. The molecule has 0 saturated carbocycles.